The third kappa shape index (κ3) is 1.87. The van der Waals surface area contributed by atoms with Crippen molar-refractivity contribution >= 4 is 5.57 Å². The molecule has 0 aliphatic carbocycles. The first kappa shape index (κ1) is 7.92. The lowest BCUT2D eigenvalue weighted by Crippen LogP contribution is -1.91. The summed E-state index contributed by atoms with van der Waals surface area (Å²) in [4.78, 5) is 8.16. The average Bonchev–Trinajstić information content (AvgIpc) is 2.05. The van der Waals surface area contributed by atoms with Crippen LogP contribution >= 0.6 is 0 Å². The Hall–Kier alpha value is -1.18. The van der Waals surface area contributed by atoms with Crippen LogP contribution in [0.25, 0.3) is 5.57 Å². The van der Waals surface area contributed by atoms with Gasteiger partial charge in [-0.3, -0.25) is 0 Å². The van der Waals surface area contributed by atoms with E-state index in [1.807, 2.05) is 13.0 Å². The molecule has 58 valence electrons. The van der Waals surface area contributed by atoms with Crippen molar-refractivity contribution < 1.29 is 0 Å². The number of rotatable bonds is 2. The maximum atomic E-state index is 4.09. The van der Waals surface area contributed by atoms with Crippen molar-refractivity contribution in [3.05, 3.63) is 30.4 Å². The van der Waals surface area contributed by atoms with Gasteiger partial charge in [0.25, 0.3) is 0 Å². The summed E-state index contributed by atoms with van der Waals surface area (Å²) in [5.74, 6) is 0. The van der Waals surface area contributed by atoms with Gasteiger partial charge in [0.2, 0.25) is 0 Å². The Kier molecular flexibility index (Phi) is 2.36. The molecule has 0 saturated carbocycles. The second-order valence-corrected chi connectivity index (χ2v) is 2.53. The summed E-state index contributed by atoms with van der Waals surface area (Å²) in [5, 5.41) is 0. The first-order chi connectivity index (χ1) is 5.24. The molecule has 1 aromatic rings. The predicted octanol–water partition coefficient (Wildman–Crippen LogP) is 2.07. The minimum atomic E-state index is 0.942. The van der Waals surface area contributed by atoms with Gasteiger partial charge in [-0.25, -0.2) is 9.97 Å². The van der Waals surface area contributed by atoms with Gasteiger partial charge in [0.05, 0.1) is 5.69 Å². The molecule has 0 fully saturated rings. The van der Waals surface area contributed by atoms with Crippen LogP contribution in [0, 0.1) is 0 Å². The number of aryl methyl sites for hydroxylation is 1. The van der Waals surface area contributed by atoms with E-state index in [2.05, 4.69) is 23.5 Å². The lowest BCUT2D eigenvalue weighted by atomic mass is 10.2. The minimum Gasteiger partial charge on any atom is -0.241 e. The Morgan fingerprint density at radius 3 is 2.82 bits per heavy atom. The number of hydrogen-bond donors (Lipinski definition) is 0. The Morgan fingerprint density at radius 2 is 2.27 bits per heavy atom. The summed E-state index contributed by atoms with van der Waals surface area (Å²) in [6.45, 7) is 7.83. The molecule has 0 atom stereocenters. The molecule has 0 aromatic carbocycles. The highest BCUT2D eigenvalue weighted by molar-refractivity contribution is 5.57. The standard InChI is InChI=1S/C9H12N2/c1-4-8-5-9(7(2)3)11-6-10-8/h5-6H,2,4H2,1,3H3. The zero-order valence-corrected chi connectivity index (χ0v) is 6.96. The molecule has 0 N–H and O–H groups in total. The smallest absolute Gasteiger partial charge is 0.116 e. The third-order valence-corrected chi connectivity index (χ3v) is 1.52. The van der Waals surface area contributed by atoms with Crippen molar-refractivity contribution in [1.29, 1.82) is 0 Å². The molecule has 0 amide bonds. The summed E-state index contributed by atoms with van der Waals surface area (Å²) in [6.07, 6.45) is 2.53. The van der Waals surface area contributed by atoms with Crippen LogP contribution in [0.3, 0.4) is 0 Å². The fourth-order valence-electron chi connectivity index (χ4n) is 0.824. The Balaban J connectivity index is 3.01. The van der Waals surface area contributed by atoms with Crippen LogP contribution in [0.15, 0.2) is 19.0 Å². The van der Waals surface area contributed by atoms with E-state index in [9.17, 15) is 0 Å². The Labute approximate surface area is 67.0 Å². The Bertz CT molecular complexity index is 266. The van der Waals surface area contributed by atoms with Gasteiger partial charge in [0.1, 0.15) is 6.33 Å². The summed E-state index contributed by atoms with van der Waals surface area (Å²) in [6, 6.07) is 1.97. The minimum absolute atomic E-state index is 0.942. The number of hydrogen-bond acceptors (Lipinski definition) is 2. The van der Waals surface area contributed by atoms with E-state index in [-0.39, 0.29) is 0 Å². The van der Waals surface area contributed by atoms with Crippen molar-refractivity contribution in [2.45, 2.75) is 20.3 Å². The number of nitrogens with zero attached hydrogens (tertiary/aromatic N) is 2. The molecule has 1 rings (SSSR count). The third-order valence-electron chi connectivity index (χ3n) is 1.52. The summed E-state index contributed by atoms with van der Waals surface area (Å²) in [7, 11) is 0. The van der Waals surface area contributed by atoms with Crippen LogP contribution in [0.2, 0.25) is 0 Å². The highest BCUT2D eigenvalue weighted by atomic mass is 14.8. The van der Waals surface area contributed by atoms with E-state index >= 15 is 0 Å². The molecule has 2 nitrogen and oxygen atoms in total. The second kappa shape index (κ2) is 3.28. The lowest BCUT2D eigenvalue weighted by molar-refractivity contribution is 0.989. The molecule has 0 aliphatic heterocycles. The van der Waals surface area contributed by atoms with Crippen molar-refractivity contribution in [2.75, 3.05) is 0 Å². The molecule has 0 spiro atoms. The van der Waals surface area contributed by atoms with E-state index in [0.717, 1.165) is 23.4 Å². The van der Waals surface area contributed by atoms with Crippen molar-refractivity contribution in [3.63, 3.8) is 0 Å². The molecule has 1 heterocycles. The predicted molar refractivity (Wildman–Crippen MR) is 46.1 cm³/mol. The molecule has 11 heavy (non-hydrogen) atoms. The van der Waals surface area contributed by atoms with Gasteiger partial charge in [-0.05, 0) is 25.0 Å². The number of allylic oxidation sites excluding steroid dienone is 1. The van der Waals surface area contributed by atoms with Crippen LogP contribution in [0.1, 0.15) is 25.2 Å². The fourth-order valence-corrected chi connectivity index (χ4v) is 0.824. The highest BCUT2D eigenvalue weighted by Gasteiger charge is 1.95. The average molecular weight is 148 g/mol. The molecule has 0 aliphatic rings. The van der Waals surface area contributed by atoms with Gasteiger partial charge in [-0.15, -0.1) is 0 Å². The van der Waals surface area contributed by atoms with Gasteiger partial charge < -0.3 is 0 Å². The van der Waals surface area contributed by atoms with E-state index in [0.29, 0.717) is 0 Å². The zero-order valence-electron chi connectivity index (χ0n) is 6.96. The van der Waals surface area contributed by atoms with Crippen molar-refractivity contribution in [3.8, 4) is 0 Å². The van der Waals surface area contributed by atoms with Crippen LogP contribution in [-0.4, -0.2) is 9.97 Å². The normalized spacial score (nSPS) is 9.64. The highest BCUT2D eigenvalue weighted by Crippen LogP contribution is 2.07. The molecule has 1 aromatic heterocycles. The van der Waals surface area contributed by atoms with Gasteiger partial charge in [0.15, 0.2) is 0 Å². The van der Waals surface area contributed by atoms with Crippen LogP contribution in [0.4, 0.5) is 0 Å². The number of aromatic nitrogens is 2. The van der Waals surface area contributed by atoms with Crippen LogP contribution in [-0.2, 0) is 6.42 Å². The first-order valence-corrected chi connectivity index (χ1v) is 3.71. The molecular formula is C9H12N2. The topological polar surface area (TPSA) is 25.8 Å². The zero-order chi connectivity index (χ0) is 8.27. The lowest BCUT2D eigenvalue weighted by Gasteiger charge is -1.99. The molecular weight excluding hydrogens is 136 g/mol. The summed E-state index contributed by atoms with van der Waals surface area (Å²) < 4.78 is 0. The van der Waals surface area contributed by atoms with Crippen LogP contribution < -0.4 is 0 Å². The fraction of sp³-hybridized carbons (Fsp3) is 0.333. The maximum Gasteiger partial charge on any atom is 0.116 e. The van der Waals surface area contributed by atoms with Crippen LogP contribution in [0.5, 0.6) is 0 Å². The largest absolute Gasteiger partial charge is 0.241 e. The quantitative estimate of drug-likeness (QED) is 0.641. The summed E-state index contributed by atoms with van der Waals surface area (Å²) in [5.41, 5.74) is 3.00. The molecule has 0 unspecified atom stereocenters. The van der Waals surface area contributed by atoms with E-state index < -0.39 is 0 Å². The van der Waals surface area contributed by atoms with E-state index in [1.54, 1.807) is 6.33 Å². The van der Waals surface area contributed by atoms with Gasteiger partial charge in [0, 0.05) is 5.69 Å². The van der Waals surface area contributed by atoms with Gasteiger partial charge >= 0.3 is 0 Å². The van der Waals surface area contributed by atoms with Crippen molar-refractivity contribution in [1.82, 2.24) is 9.97 Å². The molecule has 0 bridgehead atoms. The molecule has 0 saturated heterocycles. The van der Waals surface area contributed by atoms with Crippen molar-refractivity contribution in [2.24, 2.45) is 0 Å². The molecule has 2 heteroatoms. The maximum absolute atomic E-state index is 4.09. The SMILES string of the molecule is C=C(C)c1cc(CC)ncn1. The summed E-state index contributed by atoms with van der Waals surface area (Å²) >= 11 is 0. The van der Waals surface area contributed by atoms with E-state index in [4.69, 9.17) is 0 Å². The second-order valence-electron chi connectivity index (χ2n) is 2.53. The first-order valence-electron chi connectivity index (χ1n) is 3.71. The van der Waals surface area contributed by atoms with Gasteiger partial charge in [-0.2, -0.15) is 0 Å². The Morgan fingerprint density at radius 1 is 1.55 bits per heavy atom. The van der Waals surface area contributed by atoms with E-state index in [1.165, 1.54) is 0 Å². The molecule has 0 radical (unpaired) electrons. The van der Waals surface area contributed by atoms with Gasteiger partial charge in [-0.1, -0.05) is 13.5 Å². The monoisotopic (exact) mass is 148 g/mol.